The average molecular weight is 320 g/mol. The molecule has 0 bridgehead atoms. The molecule has 0 unspecified atom stereocenters. The highest BCUT2D eigenvalue weighted by Gasteiger charge is 2.16. The lowest BCUT2D eigenvalue weighted by Crippen LogP contribution is -2.36. The normalized spacial score (nSPS) is 16.7. The molecule has 0 radical (unpaired) electrons. The van der Waals surface area contributed by atoms with E-state index < -0.39 is 0 Å². The van der Waals surface area contributed by atoms with Crippen molar-refractivity contribution in [1.29, 1.82) is 0 Å². The zero-order valence-corrected chi connectivity index (χ0v) is 13.6. The molecule has 0 atom stereocenters. The highest BCUT2D eigenvalue weighted by atomic mass is 19.1. The van der Waals surface area contributed by atoms with E-state index in [2.05, 4.69) is 5.32 Å². The third-order valence-electron chi connectivity index (χ3n) is 4.17. The van der Waals surface area contributed by atoms with Crippen LogP contribution in [0, 0.1) is 0 Å². The first kappa shape index (κ1) is 17.5. The molecule has 0 aromatic heterocycles. The molecule has 0 heterocycles. The van der Waals surface area contributed by atoms with Gasteiger partial charge in [-0.1, -0.05) is 25.3 Å². The lowest BCUT2D eigenvalue weighted by atomic mass is 9.95. The van der Waals surface area contributed by atoms with Gasteiger partial charge in [-0.2, -0.15) is 0 Å². The molecule has 0 spiro atoms. The van der Waals surface area contributed by atoms with Crippen LogP contribution in [-0.2, 0) is 0 Å². The summed E-state index contributed by atoms with van der Waals surface area (Å²) in [7, 11) is 0. The lowest BCUT2D eigenvalue weighted by Gasteiger charge is -2.22. The summed E-state index contributed by atoms with van der Waals surface area (Å²) in [6.45, 7) is 1.63. The molecule has 1 amide bonds. The highest BCUT2D eigenvalue weighted by molar-refractivity contribution is 5.94. The molecule has 1 fully saturated rings. The number of carbonyl (C=O) groups excluding carboxylic acids is 1. The maximum absolute atomic E-state index is 13.6. The zero-order chi connectivity index (χ0) is 16.7. The van der Waals surface area contributed by atoms with E-state index in [1.165, 1.54) is 19.3 Å². The van der Waals surface area contributed by atoms with Crippen LogP contribution in [0.15, 0.2) is 35.7 Å². The van der Waals surface area contributed by atoms with Crippen LogP contribution in [0.25, 0.3) is 0 Å². The Labute approximate surface area is 136 Å². The lowest BCUT2D eigenvalue weighted by molar-refractivity contribution is 0.0927. The number of amides is 1. The highest BCUT2D eigenvalue weighted by Crippen LogP contribution is 2.19. The van der Waals surface area contributed by atoms with Crippen molar-refractivity contribution in [2.24, 2.45) is 5.73 Å². The van der Waals surface area contributed by atoms with Crippen molar-refractivity contribution < 1.29 is 13.9 Å². The minimum absolute atomic E-state index is 0.100. The van der Waals surface area contributed by atoms with E-state index in [4.69, 9.17) is 10.5 Å². The van der Waals surface area contributed by atoms with Crippen LogP contribution >= 0.6 is 0 Å². The molecule has 23 heavy (non-hydrogen) atoms. The zero-order valence-electron chi connectivity index (χ0n) is 13.6. The Morgan fingerprint density at radius 2 is 2.09 bits per heavy atom. The Hall–Kier alpha value is -1.88. The van der Waals surface area contributed by atoms with E-state index in [1.54, 1.807) is 31.2 Å². The van der Waals surface area contributed by atoms with Gasteiger partial charge in [0.05, 0.1) is 0 Å². The van der Waals surface area contributed by atoms with Crippen molar-refractivity contribution in [3.8, 4) is 5.75 Å². The fourth-order valence-electron chi connectivity index (χ4n) is 2.62. The molecule has 0 aliphatic heterocycles. The molecule has 3 N–H and O–H groups in total. The van der Waals surface area contributed by atoms with Gasteiger partial charge in [-0.25, -0.2) is 4.39 Å². The molecule has 5 heteroatoms. The number of carbonyl (C=O) groups is 1. The van der Waals surface area contributed by atoms with Crippen molar-refractivity contribution in [1.82, 2.24) is 5.32 Å². The van der Waals surface area contributed by atoms with E-state index in [0.717, 1.165) is 12.8 Å². The van der Waals surface area contributed by atoms with E-state index in [1.807, 2.05) is 0 Å². The number of hydrogen-bond donors (Lipinski definition) is 2. The quantitative estimate of drug-likeness (QED) is 0.845. The van der Waals surface area contributed by atoms with Crippen molar-refractivity contribution in [3.63, 3.8) is 0 Å². The summed E-state index contributed by atoms with van der Waals surface area (Å²) in [5.41, 5.74) is 6.39. The predicted octanol–water partition coefficient (Wildman–Crippen LogP) is 3.33. The molecular formula is C18H25FN2O2. The number of benzene rings is 1. The minimum atomic E-state index is -0.371. The van der Waals surface area contributed by atoms with Crippen molar-refractivity contribution in [3.05, 3.63) is 41.2 Å². The number of rotatable bonds is 6. The molecule has 2 rings (SSSR count). The topological polar surface area (TPSA) is 64.3 Å². The predicted molar refractivity (Wildman–Crippen MR) is 89.1 cm³/mol. The molecule has 1 aromatic carbocycles. The maximum Gasteiger partial charge on any atom is 0.251 e. The molecule has 0 saturated heterocycles. The van der Waals surface area contributed by atoms with Crippen LogP contribution in [0.2, 0.25) is 0 Å². The first-order valence-electron chi connectivity index (χ1n) is 8.18. The van der Waals surface area contributed by atoms with Gasteiger partial charge in [0.15, 0.2) is 0 Å². The van der Waals surface area contributed by atoms with Crippen molar-refractivity contribution >= 4 is 5.91 Å². The van der Waals surface area contributed by atoms with Gasteiger partial charge in [0.2, 0.25) is 0 Å². The monoisotopic (exact) mass is 320 g/mol. The third kappa shape index (κ3) is 5.36. The van der Waals surface area contributed by atoms with E-state index in [-0.39, 0.29) is 30.9 Å². The largest absolute Gasteiger partial charge is 0.486 e. The van der Waals surface area contributed by atoms with Crippen molar-refractivity contribution in [2.75, 3.05) is 13.2 Å². The Bertz CT molecular complexity index is 566. The Morgan fingerprint density at radius 1 is 1.35 bits per heavy atom. The smallest absolute Gasteiger partial charge is 0.251 e. The molecular weight excluding hydrogens is 295 g/mol. The summed E-state index contributed by atoms with van der Waals surface area (Å²) in [4.78, 5) is 12.3. The summed E-state index contributed by atoms with van der Waals surface area (Å²) in [5.74, 6) is 0.00216. The second-order valence-electron chi connectivity index (χ2n) is 6.01. The summed E-state index contributed by atoms with van der Waals surface area (Å²) in [5, 5.41) is 3.06. The fourth-order valence-corrected chi connectivity index (χ4v) is 2.62. The Kier molecular flexibility index (Phi) is 6.59. The molecule has 1 aromatic rings. The van der Waals surface area contributed by atoms with Crippen LogP contribution < -0.4 is 15.8 Å². The van der Waals surface area contributed by atoms with Crippen LogP contribution in [0.4, 0.5) is 4.39 Å². The summed E-state index contributed by atoms with van der Waals surface area (Å²) in [6, 6.07) is 7.09. The van der Waals surface area contributed by atoms with Gasteiger partial charge in [0.25, 0.3) is 5.91 Å². The second-order valence-corrected chi connectivity index (χ2v) is 6.01. The Morgan fingerprint density at radius 3 is 2.78 bits per heavy atom. The van der Waals surface area contributed by atoms with E-state index in [9.17, 15) is 9.18 Å². The van der Waals surface area contributed by atoms with Crippen LogP contribution in [-0.4, -0.2) is 25.1 Å². The van der Waals surface area contributed by atoms with Crippen molar-refractivity contribution in [2.45, 2.75) is 45.1 Å². The molecule has 4 nitrogen and oxygen atoms in total. The second kappa shape index (κ2) is 8.67. The first-order chi connectivity index (χ1) is 11.1. The molecule has 1 aliphatic rings. The van der Waals surface area contributed by atoms with E-state index in [0.29, 0.717) is 16.9 Å². The SMILES string of the molecule is CC(CN)=C(F)COc1cccc(C(=O)NC2CCCCC2)c1. The van der Waals surface area contributed by atoms with E-state index >= 15 is 0 Å². The number of nitrogens with two attached hydrogens (primary N) is 1. The Balaban J connectivity index is 1.94. The van der Waals surface area contributed by atoms with Gasteiger partial charge in [0, 0.05) is 18.2 Å². The van der Waals surface area contributed by atoms with Crippen LogP contribution in [0.5, 0.6) is 5.75 Å². The number of ether oxygens (including phenoxy) is 1. The van der Waals surface area contributed by atoms with Crippen LogP contribution in [0.1, 0.15) is 49.4 Å². The molecule has 1 saturated carbocycles. The standard InChI is InChI=1S/C18H25FN2O2/c1-13(11-20)17(19)12-23-16-9-5-6-14(10-16)18(22)21-15-7-3-2-4-8-15/h5-6,9-10,15H,2-4,7-8,11-12,20H2,1H3,(H,21,22). The summed E-state index contributed by atoms with van der Waals surface area (Å²) >= 11 is 0. The first-order valence-corrected chi connectivity index (χ1v) is 8.18. The van der Waals surface area contributed by atoms with Crippen LogP contribution in [0.3, 0.4) is 0 Å². The number of halogens is 1. The van der Waals surface area contributed by atoms with Gasteiger partial charge in [-0.05, 0) is 43.5 Å². The number of nitrogens with one attached hydrogen (secondary N) is 1. The maximum atomic E-state index is 13.6. The fraction of sp³-hybridized carbons (Fsp3) is 0.500. The number of hydrogen-bond acceptors (Lipinski definition) is 3. The van der Waals surface area contributed by atoms with Gasteiger partial charge in [-0.3, -0.25) is 4.79 Å². The molecule has 126 valence electrons. The van der Waals surface area contributed by atoms with Gasteiger partial charge >= 0.3 is 0 Å². The van der Waals surface area contributed by atoms with Gasteiger partial charge in [0.1, 0.15) is 18.2 Å². The average Bonchev–Trinajstić information content (AvgIpc) is 2.60. The summed E-state index contributed by atoms with van der Waals surface area (Å²) in [6.07, 6.45) is 5.66. The minimum Gasteiger partial charge on any atom is -0.486 e. The van der Waals surface area contributed by atoms with Gasteiger partial charge < -0.3 is 15.8 Å². The molecule has 1 aliphatic carbocycles. The van der Waals surface area contributed by atoms with Gasteiger partial charge in [-0.15, -0.1) is 0 Å². The third-order valence-corrected chi connectivity index (χ3v) is 4.17. The summed E-state index contributed by atoms with van der Waals surface area (Å²) < 4.78 is 19.0.